The number of halogens is 2. The second-order valence-corrected chi connectivity index (χ2v) is 9.05. The lowest BCUT2D eigenvalue weighted by Gasteiger charge is -2.17. The minimum Gasteiger partial charge on any atom is -0.507 e. The predicted octanol–water partition coefficient (Wildman–Crippen LogP) is 4.99. The highest BCUT2D eigenvalue weighted by atomic mass is 79.9. The Labute approximate surface area is 220 Å². The molecule has 0 fully saturated rings. The number of aromatic nitrogens is 2. The van der Waals surface area contributed by atoms with E-state index in [1.165, 1.54) is 30.3 Å². The molecule has 4 rings (SSSR count). The highest BCUT2D eigenvalue weighted by Gasteiger charge is 2.26. The van der Waals surface area contributed by atoms with Crippen LogP contribution in [0.15, 0.2) is 80.8 Å². The van der Waals surface area contributed by atoms with E-state index in [9.17, 15) is 19.5 Å². The number of aryl methyl sites for hydroxylation is 1. The molecule has 0 spiro atoms. The van der Waals surface area contributed by atoms with E-state index < -0.39 is 17.6 Å². The van der Waals surface area contributed by atoms with E-state index in [2.05, 4.69) is 36.6 Å². The molecule has 3 aromatic carbocycles. The highest BCUT2D eigenvalue weighted by molar-refractivity contribution is 9.10. The van der Waals surface area contributed by atoms with Gasteiger partial charge in [-0.15, -0.1) is 0 Å². The van der Waals surface area contributed by atoms with Gasteiger partial charge in [0.05, 0.1) is 15.7 Å². The molecule has 0 aliphatic heterocycles. The minimum atomic E-state index is -0.452. The zero-order valence-corrected chi connectivity index (χ0v) is 21.2. The summed E-state index contributed by atoms with van der Waals surface area (Å²) in [7, 11) is 0. The van der Waals surface area contributed by atoms with Crippen LogP contribution >= 0.6 is 15.9 Å². The van der Waals surface area contributed by atoms with Crippen LogP contribution in [0.1, 0.15) is 45.2 Å². The maximum absolute atomic E-state index is 13.6. The first-order chi connectivity index (χ1) is 17.9. The van der Waals surface area contributed by atoms with Crippen LogP contribution in [0.5, 0.6) is 5.75 Å². The Morgan fingerprint density at radius 3 is 2.59 bits per heavy atom. The Kier molecular flexibility index (Phi) is 8.26. The van der Waals surface area contributed by atoms with Gasteiger partial charge in [-0.05, 0) is 70.3 Å². The molecule has 1 aromatic heterocycles. The third-order valence-electron chi connectivity index (χ3n) is 5.67. The van der Waals surface area contributed by atoms with Gasteiger partial charge in [0.1, 0.15) is 17.3 Å². The SMILES string of the molecule is Cc1ccc(C(CCNC(=O)c2ccccc2O)c2nonc2C(=Nc2ccc(F)c(Br)c2)NO)cc1. The predicted molar refractivity (Wildman–Crippen MR) is 138 cm³/mol. The summed E-state index contributed by atoms with van der Waals surface area (Å²) in [6.07, 6.45) is 0.393. The van der Waals surface area contributed by atoms with Gasteiger partial charge >= 0.3 is 0 Å². The fourth-order valence-corrected chi connectivity index (χ4v) is 4.12. The zero-order chi connectivity index (χ0) is 26.4. The number of carbonyl (C=O) groups is 1. The first-order valence-electron chi connectivity index (χ1n) is 11.3. The molecule has 0 saturated heterocycles. The normalized spacial score (nSPS) is 12.3. The number of phenols is 1. The number of benzene rings is 3. The first kappa shape index (κ1) is 26.0. The molecule has 1 amide bonds. The molecular weight excluding hydrogens is 545 g/mol. The van der Waals surface area contributed by atoms with Gasteiger partial charge in [-0.25, -0.2) is 14.0 Å². The Morgan fingerprint density at radius 1 is 1.14 bits per heavy atom. The van der Waals surface area contributed by atoms with Crippen molar-refractivity contribution < 1.29 is 24.1 Å². The molecule has 37 heavy (non-hydrogen) atoms. The van der Waals surface area contributed by atoms with Gasteiger partial charge in [0, 0.05) is 12.5 Å². The summed E-state index contributed by atoms with van der Waals surface area (Å²) in [5.41, 5.74) is 5.01. The number of aromatic hydroxyl groups is 1. The third kappa shape index (κ3) is 6.19. The summed E-state index contributed by atoms with van der Waals surface area (Å²) < 4.78 is 18.9. The van der Waals surface area contributed by atoms with Crippen molar-refractivity contribution in [3.8, 4) is 5.75 Å². The lowest BCUT2D eigenvalue weighted by Crippen LogP contribution is -2.27. The number of nitrogens with one attached hydrogen (secondary N) is 2. The van der Waals surface area contributed by atoms with Crippen LogP contribution in [-0.4, -0.2) is 38.9 Å². The molecule has 11 heteroatoms. The number of amidine groups is 1. The van der Waals surface area contributed by atoms with Gasteiger partial charge in [0.15, 0.2) is 11.5 Å². The second-order valence-electron chi connectivity index (χ2n) is 8.19. The van der Waals surface area contributed by atoms with Crippen LogP contribution in [0.4, 0.5) is 10.1 Å². The number of carbonyl (C=O) groups excluding carboxylic acids is 1. The number of hydroxylamine groups is 1. The van der Waals surface area contributed by atoms with Crippen LogP contribution in [0.25, 0.3) is 0 Å². The van der Waals surface area contributed by atoms with Gasteiger partial charge < -0.3 is 10.4 Å². The summed E-state index contributed by atoms with van der Waals surface area (Å²) in [5, 5.41) is 30.6. The number of hydrogen-bond donors (Lipinski definition) is 4. The van der Waals surface area contributed by atoms with Crippen molar-refractivity contribution in [3.05, 3.63) is 105 Å². The zero-order valence-electron chi connectivity index (χ0n) is 19.7. The van der Waals surface area contributed by atoms with E-state index in [1.54, 1.807) is 12.1 Å². The molecule has 4 aromatic rings. The highest BCUT2D eigenvalue weighted by Crippen LogP contribution is 2.30. The van der Waals surface area contributed by atoms with Crippen LogP contribution in [0.3, 0.4) is 0 Å². The van der Waals surface area contributed by atoms with Crippen molar-refractivity contribution in [2.75, 3.05) is 6.54 Å². The number of nitrogens with zero attached hydrogens (tertiary/aromatic N) is 3. The third-order valence-corrected chi connectivity index (χ3v) is 6.27. The average molecular weight is 568 g/mol. The fourth-order valence-electron chi connectivity index (χ4n) is 3.75. The minimum absolute atomic E-state index is 0.0508. The second kappa shape index (κ2) is 11.8. The van der Waals surface area contributed by atoms with E-state index in [0.29, 0.717) is 17.8 Å². The summed E-state index contributed by atoms with van der Waals surface area (Å²) in [6.45, 7) is 2.21. The summed E-state index contributed by atoms with van der Waals surface area (Å²) in [4.78, 5) is 16.9. The van der Waals surface area contributed by atoms with Gasteiger partial charge in [0.25, 0.3) is 5.91 Å². The van der Waals surface area contributed by atoms with Crippen LogP contribution in [0.2, 0.25) is 0 Å². The van der Waals surface area contributed by atoms with Crippen molar-refractivity contribution in [1.29, 1.82) is 0 Å². The topological polar surface area (TPSA) is 133 Å². The number of phenolic OH excluding ortho intramolecular Hbond substituents is 1. The van der Waals surface area contributed by atoms with Crippen LogP contribution in [-0.2, 0) is 0 Å². The standard InChI is InChI=1S/C26H23BrFN5O4/c1-15-6-8-16(9-7-15)18(12-13-29-26(35)19-4-2-3-5-22(19)34)23-24(33-37-32-23)25(31-36)30-17-10-11-21(28)20(27)14-17/h2-11,14,18,34,36H,12-13H2,1H3,(H,29,35)(H,30,31). The van der Waals surface area contributed by atoms with Crippen molar-refractivity contribution >= 4 is 33.4 Å². The molecule has 0 radical (unpaired) electrons. The quantitative estimate of drug-likeness (QED) is 0.134. The number of amides is 1. The van der Waals surface area contributed by atoms with Crippen molar-refractivity contribution in [2.45, 2.75) is 19.3 Å². The largest absolute Gasteiger partial charge is 0.507 e. The smallest absolute Gasteiger partial charge is 0.255 e. The molecule has 0 aliphatic rings. The molecule has 0 bridgehead atoms. The number of hydrogen-bond acceptors (Lipinski definition) is 7. The molecule has 4 N–H and O–H groups in total. The maximum Gasteiger partial charge on any atom is 0.255 e. The molecular formula is C26H23BrFN5O4. The number of para-hydroxylation sites is 1. The molecule has 1 heterocycles. The van der Waals surface area contributed by atoms with Crippen molar-refractivity contribution in [2.24, 2.45) is 4.99 Å². The molecule has 190 valence electrons. The van der Waals surface area contributed by atoms with E-state index in [0.717, 1.165) is 11.1 Å². The molecule has 0 saturated carbocycles. The molecule has 9 nitrogen and oxygen atoms in total. The maximum atomic E-state index is 13.6. The fraction of sp³-hybridized carbons (Fsp3) is 0.154. The molecule has 1 unspecified atom stereocenters. The average Bonchev–Trinajstić information content (AvgIpc) is 3.37. The Hall–Kier alpha value is -4.09. The molecule has 0 aliphatic carbocycles. The van der Waals surface area contributed by atoms with Gasteiger partial charge in [-0.3, -0.25) is 15.5 Å². The number of aliphatic imine (C=N–C) groups is 1. The molecule has 1 atom stereocenters. The monoisotopic (exact) mass is 567 g/mol. The van der Waals surface area contributed by atoms with Crippen LogP contribution < -0.4 is 10.8 Å². The lowest BCUT2D eigenvalue weighted by atomic mass is 9.90. The van der Waals surface area contributed by atoms with Crippen LogP contribution in [0, 0.1) is 12.7 Å². The van der Waals surface area contributed by atoms with Gasteiger partial charge in [-0.1, -0.05) is 47.1 Å². The lowest BCUT2D eigenvalue weighted by molar-refractivity contribution is 0.0950. The summed E-state index contributed by atoms with van der Waals surface area (Å²) in [6, 6.07) is 18.2. The van der Waals surface area contributed by atoms with E-state index in [-0.39, 0.29) is 33.9 Å². The first-order valence-corrected chi connectivity index (χ1v) is 12.1. The van der Waals surface area contributed by atoms with E-state index >= 15 is 0 Å². The summed E-state index contributed by atoms with van der Waals surface area (Å²) >= 11 is 3.12. The Balaban J connectivity index is 1.63. The van der Waals surface area contributed by atoms with E-state index in [1.807, 2.05) is 36.7 Å². The Morgan fingerprint density at radius 2 is 1.89 bits per heavy atom. The summed E-state index contributed by atoms with van der Waals surface area (Å²) in [5.74, 6) is -1.43. The van der Waals surface area contributed by atoms with Gasteiger partial charge in [0.2, 0.25) is 0 Å². The van der Waals surface area contributed by atoms with Crippen molar-refractivity contribution in [3.63, 3.8) is 0 Å². The van der Waals surface area contributed by atoms with Crippen molar-refractivity contribution in [1.82, 2.24) is 21.1 Å². The Bertz CT molecular complexity index is 1420. The van der Waals surface area contributed by atoms with Gasteiger partial charge in [-0.2, -0.15) is 0 Å². The van der Waals surface area contributed by atoms with E-state index in [4.69, 9.17) is 4.63 Å². The number of rotatable bonds is 8.